The van der Waals surface area contributed by atoms with E-state index >= 15 is 0 Å². The van der Waals surface area contributed by atoms with Crippen LogP contribution in [-0.4, -0.2) is 42.6 Å². The molecule has 1 saturated heterocycles. The van der Waals surface area contributed by atoms with E-state index in [0.29, 0.717) is 0 Å². The van der Waals surface area contributed by atoms with Crippen LogP contribution < -0.4 is 4.74 Å². The summed E-state index contributed by atoms with van der Waals surface area (Å²) in [6.07, 6.45) is 3.45. The first-order chi connectivity index (χ1) is 11.0. The van der Waals surface area contributed by atoms with Crippen LogP contribution in [0, 0.1) is 0 Å². The van der Waals surface area contributed by atoms with Gasteiger partial charge in [0.05, 0.1) is 12.5 Å². The maximum absolute atomic E-state index is 12.0. The van der Waals surface area contributed by atoms with Crippen molar-refractivity contribution in [2.75, 3.05) is 19.7 Å². The van der Waals surface area contributed by atoms with Gasteiger partial charge in [-0.15, -0.1) is 0 Å². The van der Waals surface area contributed by atoms with Crippen molar-refractivity contribution < 1.29 is 19.1 Å². The number of esters is 1. The molecule has 0 N–H and O–H groups in total. The zero-order chi connectivity index (χ0) is 16.7. The minimum absolute atomic E-state index is 0.0827. The number of carbonyl (C=O) groups excluding carboxylic acids is 2. The summed E-state index contributed by atoms with van der Waals surface area (Å²) >= 11 is 0. The highest BCUT2D eigenvalue weighted by Gasteiger charge is 2.18. The molecule has 0 atom stereocenters. The second-order valence-corrected chi connectivity index (χ2v) is 6.09. The molecule has 0 spiro atoms. The van der Waals surface area contributed by atoms with Gasteiger partial charge >= 0.3 is 5.97 Å². The molecule has 23 heavy (non-hydrogen) atoms. The second kappa shape index (κ2) is 8.56. The predicted octanol–water partition coefficient (Wildman–Crippen LogP) is 2.57. The molecule has 0 unspecified atom stereocenters. The van der Waals surface area contributed by atoms with Gasteiger partial charge in [-0.05, 0) is 50.8 Å². The number of benzene rings is 1. The molecule has 1 heterocycles. The van der Waals surface area contributed by atoms with Crippen molar-refractivity contribution in [2.45, 2.75) is 45.6 Å². The maximum Gasteiger partial charge on any atom is 0.310 e. The summed E-state index contributed by atoms with van der Waals surface area (Å²) in [5, 5.41) is 0. The zero-order valence-electron chi connectivity index (χ0n) is 13.9. The number of hydrogen-bond donors (Lipinski definition) is 0. The van der Waals surface area contributed by atoms with Gasteiger partial charge in [-0.25, -0.2) is 0 Å². The Bertz CT molecular complexity index is 536. The lowest BCUT2D eigenvalue weighted by atomic mass is 10.1. The van der Waals surface area contributed by atoms with Gasteiger partial charge < -0.3 is 14.4 Å². The Morgan fingerprint density at radius 3 is 2.61 bits per heavy atom. The van der Waals surface area contributed by atoms with Crippen LogP contribution in [0.5, 0.6) is 5.75 Å². The lowest BCUT2D eigenvalue weighted by Crippen LogP contribution is -2.38. The fraction of sp³-hybridized carbons (Fsp3) is 0.556. The Balaban J connectivity index is 1.79. The van der Waals surface area contributed by atoms with E-state index < -0.39 is 5.97 Å². The fourth-order valence-corrected chi connectivity index (χ4v) is 2.60. The highest BCUT2D eigenvalue weighted by Crippen LogP contribution is 2.15. The molecule has 1 aliphatic rings. The molecule has 1 amide bonds. The number of ether oxygens (including phenoxy) is 2. The van der Waals surface area contributed by atoms with Crippen molar-refractivity contribution >= 4 is 11.9 Å². The Kier molecular flexibility index (Phi) is 6.44. The smallest absolute Gasteiger partial charge is 0.310 e. The van der Waals surface area contributed by atoms with Crippen LogP contribution in [0.15, 0.2) is 24.3 Å². The van der Waals surface area contributed by atoms with Gasteiger partial charge in [-0.1, -0.05) is 12.1 Å². The molecule has 1 aromatic rings. The van der Waals surface area contributed by atoms with Gasteiger partial charge in [-0.3, -0.25) is 9.59 Å². The minimum atomic E-state index is -0.392. The molecular formula is C18H25NO4. The van der Waals surface area contributed by atoms with Crippen LogP contribution >= 0.6 is 0 Å². The summed E-state index contributed by atoms with van der Waals surface area (Å²) in [4.78, 5) is 25.6. The average molecular weight is 319 g/mol. The van der Waals surface area contributed by atoms with Crippen LogP contribution in [0.25, 0.3) is 0 Å². The molecule has 0 radical (unpaired) electrons. The number of piperidine rings is 1. The molecule has 126 valence electrons. The monoisotopic (exact) mass is 319 g/mol. The Labute approximate surface area is 137 Å². The molecule has 1 aliphatic heterocycles. The number of likely N-dealkylation sites (tertiary alicyclic amines) is 1. The Morgan fingerprint density at radius 2 is 1.91 bits per heavy atom. The van der Waals surface area contributed by atoms with Crippen LogP contribution in [-0.2, 0) is 20.7 Å². The van der Waals surface area contributed by atoms with Crippen LogP contribution in [0.2, 0.25) is 0 Å². The number of hydrogen-bond acceptors (Lipinski definition) is 4. The number of amides is 1. The van der Waals surface area contributed by atoms with Crippen LogP contribution in [0.4, 0.5) is 0 Å². The van der Waals surface area contributed by atoms with E-state index in [0.717, 1.165) is 37.2 Å². The summed E-state index contributed by atoms with van der Waals surface area (Å²) in [5.74, 6) is 0.238. The molecular weight excluding hydrogens is 294 g/mol. The number of nitrogens with zero attached hydrogens (tertiary/aromatic N) is 1. The van der Waals surface area contributed by atoms with Crippen LogP contribution in [0.3, 0.4) is 0 Å². The van der Waals surface area contributed by atoms with Gasteiger partial charge in [-0.2, -0.15) is 0 Å². The molecule has 0 saturated carbocycles. The van der Waals surface area contributed by atoms with Gasteiger partial charge in [0.2, 0.25) is 0 Å². The van der Waals surface area contributed by atoms with Crippen molar-refractivity contribution in [3.8, 4) is 5.75 Å². The normalized spacial score (nSPS) is 14.7. The fourth-order valence-electron chi connectivity index (χ4n) is 2.60. The third kappa shape index (κ3) is 5.93. The average Bonchev–Trinajstić information content (AvgIpc) is 2.53. The highest BCUT2D eigenvalue weighted by atomic mass is 16.5. The third-order valence-corrected chi connectivity index (χ3v) is 3.68. The number of carbonyl (C=O) groups is 2. The van der Waals surface area contributed by atoms with E-state index in [2.05, 4.69) is 0 Å². The second-order valence-electron chi connectivity index (χ2n) is 6.09. The Morgan fingerprint density at radius 1 is 1.17 bits per heavy atom. The molecule has 5 nitrogen and oxygen atoms in total. The lowest BCUT2D eigenvalue weighted by molar-refractivity contribution is -0.151. The van der Waals surface area contributed by atoms with Gasteiger partial charge in [0.1, 0.15) is 5.75 Å². The quantitative estimate of drug-likeness (QED) is 0.756. The SMILES string of the molecule is CC(C)Oc1cccc(CC(=O)OCC(=O)N2CCCCC2)c1. The minimum Gasteiger partial charge on any atom is -0.491 e. The summed E-state index contributed by atoms with van der Waals surface area (Å²) in [6, 6.07) is 7.38. The first-order valence-corrected chi connectivity index (χ1v) is 8.23. The van der Waals surface area contributed by atoms with Crippen molar-refractivity contribution in [3.05, 3.63) is 29.8 Å². The lowest BCUT2D eigenvalue weighted by Gasteiger charge is -2.26. The van der Waals surface area contributed by atoms with Gasteiger partial charge in [0, 0.05) is 13.1 Å². The van der Waals surface area contributed by atoms with Crippen molar-refractivity contribution in [1.29, 1.82) is 0 Å². The molecule has 0 aliphatic carbocycles. The highest BCUT2D eigenvalue weighted by molar-refractivity contribution is 5.81. The molecule has 1 fully saturated rings. The van der Waals surface area contributed by atoms with Crippen molar-refractivity contribution in [1.82, 2.24) is 4.90 Å². The first-order valence-electron chi connectivity index (χ1n) is 8.23. The molecule has 1 aromatic carbocycles. The third-order valence-electron chi connectivity index (χ3n) is 3.68. The van der Waals surface area contributed by atoms with E-state index in [1.165, 1.54) is 6.42 Å². The summed E-state index contributed by atoms with van der Waals surface area (Å²) < 4.78 is 10.7. The van der Waals surface area contributed by atoms with Crippen molar-refractivity contribution in [2.24, 2.45) is 0 Å². The zero-order valence-corrected chi connectivity index (χ0v) is 13.9. The van der Waals surface area contributed by atoms with E-state index in [9.17, 15) is 9.59 Å². The van der Waals surface area contributed by atoms with Gasteiger partial charge in [0.25, 0.3) is 5.91 Å². The summed E-state index contributed by atoms with van der Waals surface area (Å²) in [6.45, 7) is 5.28. The standard InChI is InChI=1S/C18H25NO4/c1-14(2)23-16-8-6-7-15(11-16)12-18(21)22-13-17(20)19-9-4-3-5-10-19/h6-8,11,14H,3-5,9-10,12-13H2,1-2H3. The van der Waals surface area contributed by atoms with E-state index in [1.807, 2.05) is 38.1 Å². The van der Waals surface area contributed by atoms with E-state index in [4.69, 9.17) is 9.47 Å². The summed E-state index contributed by atoms with van der Waals surface area (Å²) in [5.41, 5.74) is 0.818. The van der Waals surface area contributed by atoms with E-state index in [1.54, 1.807) is 4.90 Å². The molecule has 0 bridgehead atoms. The van der Waals surface area contributed by atoms with Crippen molar-refractivity contribution in [3.63, 3.8) is 0 Å². The summed E-state index contributed by atoms with van der Waals surface area (Å²) in [7, 11) is 0. The predicted molar refractivity (Wildman–Crippen MR) is 87.3 cm³/mol. The molecule has 5 heteroatoms. The topological polar surface area (TPSA) is 55.8 Å². The first kappa shape index (κ1) is 17.3. The van der Waals surface area contributed by atoms with Gasteiger partial charge in [0.15, 0.2) is 6.61 Å². The van der Waals surface area contributed by atoms with Crippen LogP contribution in [0.1, 0.15) is 38.7 Å². The maximum atomic E-state index is 12.0. The van der Waals surface area contributed by atoms with E-state index in [-0.39, 0.29) is 25.0 Å². The largest absolute Gasteiger partial charge is 0.491 e. The number of rotatable bonds is 6. The Hall–Kier alpha value is -2.04. The molecule has 0 aromatic heterocycles. The molecule has 2 rings (SSSR count).